The van der Waals surface area contributed by atoms with E-state index < -0.39 is 11.2 Å². The number of ether oxygens (including phenoxy) is 2. The van der Waals surface area contributed by atoms with Crippen molar-refractivity contribution in [3.05, 3.63) is 0 Å². The van der Waals surface area contributed by atoms with Crippen LogP contribution in [0.5, 0.6) is 0 Å². The molecule has 2 heterocycles. The van der Waals surface area contributed by atoms with Crippen LogP contribution in [0, 0.1) is 0 Å². The van der Waals surface area contributed by atoms with Gasteiger partial charge in [-0.2, -0.15) is 0 Å². The Morgan fingerprint density at radius 2 is 2.11 bits per heavy atom. The molecular weight excluding hydrogens is 272 g/mol. The molecule has 0 N–H and O–H groups in total. The number of morpholine rings is 1. The molecule has 2 aliphatic heterocycles. The Hall–Kier alpha value is -1.12. The monoisotopic (exact) mass is 288 g/mol. The first kappa shape index (κ1) is 14.3. The summed E-state index contributed by atoms with van der Waals surface area (Å²) in [5, 5.41) is -0.952. The lowest BCUT2D eigenvalue weighted by Crippen LogP contribution is -2.46. The first-order valence-electron chi connectivity index (χ1n) is 6.00. The number of esters is 1. The molecule has 0 aromatic carbocycles. The molecule has 0 saturated carbocycles. The van der Waals surface area contributed by atoms with Crippen LogP contribution in [0.2, 0.25) is 0 Å². The Bertz CT molecular complexity index is 383. The first-order chi connectivity index (χ1) is 9.11. The van der Waals surface area contributed by atoms with Crippen LogP contribution in [0.3, 0.4) is 0 Å². The largest absolute Gasteiger partial charge is 0.469 e. The molecule has 0 aromatic rings. The van der Waals surface area contributed by atoms with Gasteiger partial charge in [0.2, 0.25) is 5.91 Å². The number of hydrogen-bond donors (Lipinski definition) is 0. The molecule has 1 atom stereocenters. The third kappa shape index (κ3) is 3.46. The second kappa shape index (κ2) is 6.36. The third-order valence-corrected chi connectivity index (χ3v) is 4.10. The summed E-state index contributed by atoms with van der Waals surface area (Å²) in [6, 6.07) is 0. The zero-order chi connectivity index (χ0) is 13.8. The zero-order valence-corrected chi connectivity index (χ0v) is 11.5. The molecule has 8 heteroatoms. The lowest BCUT2D eigenvalue weighted by molar-refractivity contribution is -0.142. The van der Waals surface area contributed by atoms with Gasteiger partial charge in [-0.1, -0.05) is 11.8 Å². The minimum atomic E-state index is -0.652. The van der Waals surface area contributed by atoms with Gasteiger partial charge in [-0.25, -0.2) is 0 Å². The van der Waals surface area contributed by atoms with Crippen molar-refractivity contribution in [1.29, 1.82) is 0 Å². The number of rotatable bonds is 4. The maximum Gasteiger partial charge on any atom is 0.307 e. The van der Waals surface area contributed by atoms with Crippen LogP contribution >= 0.6 is 11.8 Å². The summed E-state index contributed by atoms with van der Waals surface area (Å²) >= 11 is 0.893. The van der Waals surface area contributed by atoms with E-state index in [0.29, 0.717) is 26.3 Å². The summed E-state index contributed by atoms with van der Waals surface area (Å²) in [4.78, 5) is 38.2. The maximum absolute atomic E-state index is 12.1. The highest BCUT2D eigenvalue weighted by Gasteiger charge is 2.41. The molecule has 19 heavy (non-hydrogen) atoms. The molecule has 0 aliphatic carbocycles. The summed E-state index contributed by atoms with van der Waals surface area (Å²) < 4.78 is 9.73. The SMILES string of the molecule is COC(=O)C[C@H]1SC(=O)N(CN2CCOCC2)C1=O. The van der Waals surface area contributed by atoms with Crippen LogP contribution in [0.1, 0.15) is 6.42 Å². The highest BCUT2D eigenvalue weighted by atomic mass is 32.2. The molecule has 2 fully saturated rings. The van der Waals surface area contributed by atoms with Crippen LogP contribution in [0.15, 0.2) is 0 Å². The maximum atomic E-state index is 12.1. The number of carbonyl (C=O) groups excluding carboxylic acids is 3. The number of nitrogens with zero attached hydrogens (tertiary/aromatic N) is 2. The minimum absolute atomic E-state index is 0.0641. The van der Waals surface area contributed by atoms with Gasteiger partial charge in [0, 0.05) is 13.1 Å². The highest BCUT2D eigenvalue weighted by Crippen LogP contribution is 2.29. The van der Waals surface area contributed by atoms with Gasteiger partial charge in [0.15, 0.2) is 0 Å². The van der Waals surface area contributed by atoms with Gasteiger partial charge in [-0.05, 0) is 0 Å². The number of methoxy groups -OCH3 is 1. The molecule has 0 unspecified atom stereocenters. The molecule has 0 radical (unpaired) electrons. The van der Waals surface area contributed by atoms with Crippen LogP contribution in [-0.2, 0) is 19.1 Å². The van der Waals surface area contributed by atoms with Crippen molar-refractivity contribution < 1.29 is 23.9 Å². The van der Waals surface area contributed by atoms with E-state index in [1.54, 1.807) is 0 Å². The quantitative estimate of drug-likeness (QED) is 0.669. The molecule has 0 aromatic heterocycles. The van der Waals surface area contributed by atoms with Crippen LogP contribution in [-0.4, -0.2) is 72.2 Å². The molecule has 2 rings (SSSR count). The average molecular weight is 288 g/mol. The van der Waals surface area contributed by atoms with Gasteiger partial charge in [-0.15, -0.1) is 0 Å². The van der Waals surface area contributed by atoms with Gasteiger partial charge in [0.1, 0.15) is 5.25 Å². The Balaban J connectivity index is 1.92. The normalized spacial score (nSPS) is 24.9. The molecule has 106 valence electrons. The van der Waals surface area contributed by atoms with Crippen LogP contribution < -0.4 is 0 Å². The van der Waals surface area contributed by atoms with Gasteiger partial charge < -0.3 is 9.47 Å². The second-order valence-corrected chi connectivity index (χ2v) is 5.44. The van der Waals surface area contributed by atoms with Gasteiger partial charge in [0.25, 0.3) is 5.24 Å². The molecule has 2 saturated heterocycles. The van der Waals surface area contributed by atoms with E-state index in [4.69, 9.17) is 4.74 Å². The standard InChI is InChI=1S/C11H16N2O5S/c1-17-9(14)6-8-10(15)13(11(16)19-8)7-12-2-4-18-5-3-12/h8H,2-7H2,1H3/t8-/m1/s1. The molecule has 7 nitrogen and oxygen atoms in total. The lowest BCUT2D eigenvalue weighted by atomic mass is 10.3. The highest BCUT2D eigenvalue weighted by molar-refractivity contribution is 8.15. The van der Waals surface area contributed by atoms with E-state index >= 15 is 0 Å². The van der Waals surface area contributed by atoms with Crippen molar-refractivity contribution in [2.24, 2.45) is 0 Å². The Morgan fingerprint density at radius 1 is 1.42 bits per heavy atom. The van der Waals surface area contributed by atoms with E-state index in [9.17, 15) is 14.4 Å². The van der Waals surface area contributed by atoms with Crippen molar-refractivity contribution >= 4 is 28.9 Å². The summed E-state index contributed by atoms with van der Waals surface area (Å²) in [7, 11) is 1.26. The van der Waals surface area contributed by atoms with Crippen molar-refractivity contribution in [3.63, 3.8) is 0 Å². The molecule has 0 spiro atoms. The minimum Gasteiger partial charge on any atom is -0.469 e. The summed E-state index contributed by atoms with van der Waals surface area (Å²) in [6.45, 7) is 2.88. The number of hydrogen-bond acceptors (Lipinski definition) is 7. The predicted octanol–water partition coefficient (Wildman–Crippen LogP) is -0.0968. The van der Waals surface area contributed by atoms with Gasteiger partial charge in [-0.3, -0.25) is 24.2 Å². The predicted molar refractivity (Wildman–Crippen MR) is 67.5 cm³/mol. The summed E-state index contributed by atoms with van der Waals surface area (Å²) in [5.74, 6) is -0.793. The van der Waals surface area contributed by atoms with Crippen molar-refractivity contribution in [2.75, 3.05) is 40.1 Å². The van der Waals surface area contributed by atoms with E-state index in [1.807, 2.05) is 4.90 Å². The van der Waals surface area contributed by atoms with E-state index in [1.165, 1.54) is 12.0 Å². The van der Waals surface area contributed by atoms with Crippen LogP contribution in [0.4, 0.5) is 4.79 Å². The number of imide groups is 1. The van der Waals surface area contributed by atoms with Crippen molar-refractivity contribution in [2.45, 2.75) is 11.7 Å². The fourth-order valence-electron chi connectivity index (χ4n) is 1.93. The number of carbonyl (C=O) groups is 3. The average Bonchev–Trinajstić information content (AvgIpc) is 2.67. The molecule has 0 bridgehead atoms. The third-order valence-electron chi connectivity index (χ3n) is 3.03. The van der Waals surface area contributed by atoms with Crippen molar-refractivity contribution in [1.82, 2.24) is 9.80 Å². The Morgan fingerprint density at radius 3 is 2.74 bits per heavy atom. The van der Waals surface area contributed by atoms with Gasteiger partial charge in [0.05, 0.1) is 33.4 Å². The van der Waals surface area contributed by atoms with Crippen molar-refractivity contribution in [3.8, 4) is 0 Å². The second-order valence-electron chi connectivity index (χ2n) is 4.29. The van der Waals surface area contributed by atoms with Crippen LogP contribution in [0.25, 0.3) is 0 Å². The van der Waals surface area contributed by atoms with E-state index in [0.717, 1.165) is 11.8 Å². The number of amides is 2. The zero-order valence-electron chi connectivity index (χ0n) is 10.7. The molecular formula is C11H16N2O5S. The molecule has 2 aliphatic rings. The summed E-state index contributed by atoms with van der Waals surface area (Å²) in [5.41, 5.74) is 0. The fourth-order valence-corrected chi connectivity index (χ4v) is 2.90. The van der Waals surface area contributed by atoms with E-state index in [-0.39, 0.29) is 24.2 Å². The first-order valence-corrected chi connectivity index (χ1v) is 6.88. The van der Waals surface area contributed by atoms with Gasteiger partial charge >= 0.3 is 5.97 Å². The fraction of sp³-hybridized carbons (Fsp3) is 0.727. The van der Waals surface area contributed by atoms with E-state index in [2.05, 4.69) is 4.74 Å². The Labute approximate surface area is 115 Å². The summed E-state index contributed by atoms with van der Waals surface area (Å²) in [6.07, 6.45) is -0.0641. The lowest BCUT2D eigenvalue weighted by Gasteiger charge is -2.29. The number of thioether (sulfide) groups is 1. The molecule has 2 amide bonds. The topological polar surface area (TPSA) is 76.2 Å². The smallest absolute Gasteiger partial charge is 0.307 e. The Kier molecular flexibility index (Phi) is 4.78.